The molecule has 2 heterocycles. The molecular formula is C10H10N4O2. The first-order chi connectivity index (χ1) is 7.67. The molecule has 0 aliphatic heterocycles. The molecule has 0 saturated carbocycles. The average Bonchev–Trinajstić information content (AvgIpc) is 2.63. The summed E-state index contributed by atoms with van der Waals surface area (Å²) in [6.45, 7) is 3.92. The lowest BCUT2D eigenvalue weighted by Gasteiger charge is -1.99. The van der Waals surface area contributed by atoms with E-state index in [0.717, 1.165) is 0 Å². The van der Waals surface area contributed by atoms with Gasteiger partial charge in [0.1, 0.15) is 0 Å². The van der Waals surface area contributed by atoms with Crippen LogP contribution in [0.1, 0.15) is 19.7 Å². The second-order valence-corrected chi connectivity index (χ2v) is 3.16. The van der Waals surface area contributed by atoms with Crippen molar-refractivity contribution in [3.63, 3.8) is 0 Å². The Morgan fingerprint density at radius 1 is 1.38 bits per heavy atom. The van der Waals surface area contributed by atoms with Crippen LogP contribution in [0.5, 0.6) is 0 Å². The van der Waals surface area contributed by atoms with E-state index in [2.05, 4.69) is 26.8 Å². The van der Waals surface area contributed by atoms with Crippen LogP contribution in [0, 0.1) is 11.8 Å². The fourth-order valence-electron chi connectivity index (χ4n) is 1.51. The maximum Gasteiger partial charge on any atom is 0.330 e. The van der Waals surface area contributed by atoms with Gasteiger partial charge in [0, 0.05) is 6.54 Å². The molecule has 0 spiro atoms. The van der Waals surface area contributed by atoms with E-state index in [1.165, 1.54) is 4.57 Å². The van der Waals surface area contributed by atoms with E-state index in [-0.39, 0.29) is 5.52 Å². The number of nitrogens with zero attached hydrogens (tertiary/aromatic N) is 2. The number of aromatic amines is 2. The van der Waals surface area contributed by atoms with E-state index in [4.69, 9.17) is 0 Å². The van der Waals surface area contributed by atoms with Crippen LogP contribution in [0.2, 0.25) is 0 Å². The lowest BCUT2D eigenvalue weighted by atomic mass is 10.5. The second kappa shape index (κ2) is 3.70. The summed E-state index contributed by atoms with van der Waals surface area (Å²) < 4.78 is 1.38. The SMILES string of the molecule is CC#Cc1nc2c([nH]1)c(=O)[nH]c(=O)n2CC. The predicted molar refractivity (Wildman–Crippen MR) is 59.2 cm³/mol. The second-order valence-electron chi connectivity index (χ2n) is 3.16. The van der Waals surface area contributed by atoms with Crippen LogP contribution < -0.4 is 11.2 Å². The van der Waals surface area contributed by atoms with Gasteiger partial charge in [0.05, 0.1) is 0 Å². The maximum atomic E-state index is 11.5. The number of fused-ring (bicyclic) bond motifs is 1. The van der Waals surface area contributed by atoms with Crippen molar-refractivity contribution >= 4 is 11.2 Å². The van der Waals surface area contributed by atoms with E-state index >= 15 is 0 Å². The topological polar surface area (TPSA) is 83.5 Å². The van der Waals surface area contributed by atoms with Crippen molar-refractivity contribution < 1.29 is 0 Å². The highest BCUT2D eigenvalue weighted by Crippen LogP contribution is 2.03. The van der Waals surface area contributed by atoms with Crippen molar-refractivity contribution in [3.8, 4) is 11.8 Å². The van der Waals surface area contributed by atoms with Crippen LogP contribution in [-0.4, -0.2) is 19.5 Å². The van der Waals surface area contributed by atoms with Crippen LogP contribution in [0.15, 0.2) is 9.59 Å². The molecule has 6 nitrogen and oxygen atoms in total. The summed E-state index contributed by atoms with van der Waals surface area (Å²) in [5, 5.41) is 0. The van der Waals surface area contributed by atoms with Crippen molar-refractivity contribution in [1.82, 2.24) is 19.5 Å². The summed E-state index contributed by atoms with van der Waals surface area (Å²) in [6, 6.07) is 0. The van der Waals surface area contributed by atoms with E-state index < -0.39 is 11.2 Å². The smallest absolute Gasteiger partial charge is 0.325 e. The van der Waals surface area contributed by atoms with Crippen molar-refractivity contribution in [2.24, 2.45) is 0 Å². The molecule has 0 aliphatic rings. The van der Waals surface area contributed by atoms with E-state index in [0.29, 0.717) is 18.0 Å². The minimum atomic E-state index is -0.471. The zero-order valence-corrected chi connectivity index (χ0v) is 8.92. The zero-order chi connectivity index (χ0) is 11.7. The largest absolute Gasteiger partial charge is 0.330 e. The number of imidazole rings is 1. The molecule has 2 rings (SSSR count). The van der Waals surface area contributed by atoms with Crippen LogP contribution in [0.4, 0.5) is 0 Å². The number of H-pyrrole nitrogens is 2. The highest BCUT2D eigenvalue weighted by atomic mass is 16.2. The number of hydrogen-bond donors (Lipinski definition) is 2. The third-order valence-electron chi connectivity index (χ3n) is 2.19. The van der Waals surface area contributed by atoms with Crippen molar-refractivity contribution in [1.29, 1.82) is 0 Å². The monoisotopic (exact) mass is 218 g/mol. The van der Waals surface area contributed by atoms with E-state index in [1.54, 1.807) is 13.8 Å². The lowest BCUT2D eigenvalue weighted by Crippen LogP contribution is -2.29. The van der Waals surface area contributed by atoms with E-state index in [1.807, 2.05) is 0 Å². The van der Waals surface area contributed by atoms with Gasteiger partial charge >= 0.3 is 5.69 Å². The molecule has 0 atom stereocenters. The normalized spacial score (nSPS) is 10.1. The molecule has 0 amide bonds. The predicted octanol–water partition coefficient (Wildman–Crippen LogP) is -0.196. The Morgan fingerprint density at radius 2 is 2.12 bits per heavy atom. The Hall–Kier alpha value is -2.29. The third kappa shape index (κ3) is 1.42. The first-order valence-corrected chi connectivity index (χ1v) is 4.83. The fourth-order valence-corrected chi connectivity index (χ4v) is 1.51. The highest BCUT2D eigenvalue weighted by molar-refractivity contribution is 5.70. The van der Waals surface area contributed by atoms with Crippen LogP contribution in [-0.2, 0) is 6.54 Å². The number of nitrogens with one attached hydrogen (secondary N) is 2. The first kappa shape index (κ1) is 10.2. The van der Waals surface area contributed by atoms with Gasteiger partial charge in [0.25, 0.3) is 5.56 Å². The van der Waals surface area contributed by atoms with Gasteiger partial charge in [-0.1, -0.05) is 5.92 Å². The Labute approximate surface area is 90.3 Å². The highest BCUT2D eigenvalue weighted by Gasteiger charge is 2.10. The van der Waals surface area contributed by atoms with Crippen molar-refractivity contribution in [2.45, 2.75) is 20.4 Å². The average molecular weight is 218 g/mol. The minimum Gasteiger partial charge on any atom is -0.325 e. The van der Waals surface area contributed by atoms with Gasteiger partial charge in [0.2, 0.25) is 0 Å². The molecule has 16 heavy (non-hydrogen) atoms. The van der Waals surface area contributed by atoms with Gasteiger partial charge < -0.3 is 4.98 Å². The number of aromatic nitrogens is 4. The molecule has 0 fully saturated rings. The molecule has 2 aromatic heterocycles. The Kier molecular flexibility index (Phi) is 2.37. The van der Waals surface area contributed by atoms with Gasteiger partial charge in [0.15, 0.2) is 17.0 Å². The molecule has 82 valence electrons. The van der Waals surface area contributed by atoms with Crippen molar-refractivity contribution in [2.75, 3.05) is 0 Å². The Balaban J connectivity index is 2.93. The number of rotatable bonds is 1. The van der Waals surface area contributed by atoms with Gasteiger partial charge in [-0.15, -0.1) is 0 Å². The minimum absolute atomic E-state index is 0.277. The zero-order valence-electron chi connectivity index (χ0n) is 8.92. The summed E-state index contributed by atoms with van der Waals surface area (Å²) in [4.78, 5) is 32.1. The standard InChI is InChI=1S/C10H10N4O2/c1-3-5-6-11-7-8(12-6)14(4-2)10(16)13-9(7)15/h4H2,1-2H3,(H,11,12)(H,13,15,16). The molecule has 6 heteroatoms. The van der Waals surface area contributed by atoms with Gasteiger partial charge in [-0.3, -0.25) is 14.3 Å². The molecule has 0 radical (unpaired) electrons. The molecule has 0 saturated heterocycles. The molecule has 2 N–H and O–H groups in total. The van der Waals surface area contributed by atoms with E-state index in [9.17, 15) is 9.59 Å². The maximum absolute atomic E-state index is 11.5. The molecule has 0 aliphatic carbocycles. The van der Waals surface area contributed by atoms with Gasteiger partial charge in [-0.05, 0) is 19.8 Å². The number of aryl methyl sites for hydroxylation is 1. The molecule has 0 aromatic carbocycles. The van der Waals surface area contributed by atoms with Crippen LogP contribution >= 0.6 is 0 Å². The van der Waals surface area contributed by atoms with Crippen LogP contribution in [0.25, 0.3) is 11.2 Å². The summed E-state index contributed by atoms with van der Waals surface area (Å²) in [5.41, 5.74) is -0.308. The summed E-state index contributed by atoms with van der Waals surface area (Å²) in [7, 11) is 0. The van der Waals surface area contributed by atoms with Gasteiger partial charge in [-0.25, -0.2) is 9.78 Å². The van der Waals surface area contributed by atoms with Crippen molar-refractivity contribution in [3.05, 3.63) is 26.7 Å². The van der Waals surface area contributed by atoms with Gasteiger partial charge in [-0.2, -0.15) is 0 Å². The Bertz CT molecular complexity index is 708. The first-order valence-electron chi connectivity index (χ1n) is 4.83. The summed E-state index contributed by atoms with van der Waals surface area (Å²) in [5.74, 6) is 5.77. The Morgan fingerprint density at radius 3 is 2.75 bits per heavy atom. The third-order valence-corrected chi connectivity index (χ3v) is 2.19. The molecule has 2 aromatic rings. The summed E-state index contributed by atoms with van der Waals surface area (Å²) >= 11 is 0. The quantitative estimate of drug-likeness (QED) is 0.650. The number of hydrogen-bond acceptors (Lipinski definition) is 3. The summed E-state index contributed by atoms with van der Waals surface area (Å²) in [6.07, 6.45) is 0. The molecular weight excluding hydrogens is 208 g/mol. The fraction of sp³-hybridized carbons (Fsp3) is 0.300. The molecule has 0 bridgehead atoms. The lowest BCUT2D eigenvalue weighted by molar-refractivity contribution is 0.719. The molecule has 0 unspecified atom stereocenters. The van der Waals surface area contributed by atoms with Crippen LogP contribution in [0.3, 0.4) is 0 Å².